The zero-order valence-electron chi connectivity index (χ0n) is 9.15. The van der Waals surface area contributed by atoms with E-state index >= 15 is 0 Å². The molecular weight excluding hydrogens is 205 g/mol. The first-order valence-corrected chi connectivity index (χ1v) is 5.21. The number of halogens is 1. The quantitative estimate of drug-likeness (QED) is 0.855. The van der Waals surface area contributed by atoms with Crippen molar-refractivity contribution in [3.63, 3.8) is 0 Å². The Morgan fingerprint density at radius 1 is 1.44 bits per heavy atom. The Hall–Kier alpha value is -1.68. The highest BCUT2D eigenvalue weighted by Crippen LogP contribution is 2.16. The zero-order valence-corrected chi connectivity index (χ0v) is 9.15. The Labute approximate surface area is 93.7 Å². The van der Waals surface area contributed by atoms with Crippen molar-refractivity contribution in [1.29, 1.82) is 0 Å². The van der Waals surface area contributed by atoms with Crippen LogP contribution in [0.5, 0.6) is 0 Å². The van der Waals surface area contributed by atoms with Gasteiger partial charge in [0.05, 0.1) is 5.69 Å². The fourth-order valence-electron chi connectivity index (χ4n) is 1.70. The summed E-state index contributed by atoms with van der Waals surface area (Å²) in [7, 11) is 0. The van der Waals surface area contributed by atoms with Gasteiger partial charge in [-0.25, -0.2) is 9.37 Å². The summed E-state index contributed by atoms with van der Waals surface area (Å²) in [5, 5.41) is 0. The van der Waals surface area contributed by atoms with Crippen molar-refractivity contribution in [2.24, 2.45) is 5.73 Å². The molecule has 1 aromatic carbocycles. The minimum atomic E-state index is -0.243. The van der Waals surface area contributed by atoms with E-state index in [1.54, 1.807) is 23.0 Å². The van der Waals surface area contributed by atoms with Gasteiger partial charge in [-0.2, -0.15) is 0 Å². The number of aromatic nitrogens is 2. The number of hydrogen-bond donors (Lipinski definition) is 1. The van der Waals surface area contributed by atoms with Crippen LogP contribution in [0.25, 0.3) is 5.69 Å². The second kappa shape index (κ2) is 4.45. The van der Waals surface area contributed by atoms with Gasteiger partial charge in [-0.1, -0.05) is 6.07 Å². The molecule has 16 heavy (non-hydrogen) atoms. The lowest BCUT2D eigenvalue weighted by Gasteiger charge is -2.08. The molecule has 2 rings (SSSR count). The zero-order chi connectivity index (χ0) is 11.5. The fraction of sp³-hybridized carbons (Fsp3) is 0.250. The van der Waals surface area contributed by atoms with E-state index < -0.39 is 0 Å². The molecule has 2 aromatic rings. The molecule has 84 valence electrons. The van der Waals surface area contributed by atoms with E-state index in [0.29, 0.717) is 18.7 Å². The highest BCUT2D eigenvalue weighted by atomic mass is 19.1. The second-order valence-electron chi connectivity index (χ2n) is 3.67. The van der Waals surface area contributed by atoms with Crippen molar-refractivity contribution >= 4 is 0 Å². The number of rotatable bonds is 3. The van der Waals surface area contributed by atoms with Crippen molar-refractivity contribution in [3.05, 3.63) is 47.8 Å². The van der Waals surface area contributed by atoms with Crippen LogP contribution in [0.3, 0.4) is 0 Å². The Balaban J connectivity index is 2.40. The largest absolute Gasteiger partial charge is 0.330 e. The predicted molar refractivity (Wildman–Crippen MR) is 61.0 cm³/mol. The van der Waals surface area contributed by atoms with Crippen molar-refractivity contribution in [2.75, 3.05) is 6.54 Å². The van der Waals surface area contributed by atoms with Crippen molar-refractivity contribution in [2.45, 2.75) is 13.3 Å². The van der Waals surface area contributed by atoms with Gasteiger partial charge in [-0.15, -0.1) is 0 Å². The molecule has 4 heteroatoms. The molecule has 0 aliphatic rings. The number of benzene rings is 1. The maximum atomic E-state index is 13.8. The van der Waals surface area contributed by atoms with Gasteiger partial charge in [0, 0.05) is 12.4 Å². The summed E-state index contributed by atoms with van der Waals surface area (Å²) in [5.74, 6) is 0.525. The molecule has 1 heterocycles. The normalized spacial score (nSPS) is 10.7. The van der Waals surface area contributed by atoms with Gasteiger partial charge in [0.2, 0.25) is 0 Å². The van der Waals surface area contributed by atoms with Gasteiger partial charge >= 0.3 is 0 Å². The van der Waals surface area contributed by atoms with Gasteiger partial charge in [0.1, 0.15) is 11.6 Å². The smallest absolute Gasteiger partial charge is 0.147 e. The molecule has 0 saturated carbocycles. The third-order valence-electron chi connectivity index (χ3n) is 2.53. The van der Waals surface area contributed by atoms with Crippen LogP contribution in [0, 0.1) is 12.7 Å². The van der Waals surface area contributed by atoms with Crippen LogP contribution in [0.1, 0.15) is 11.4 Å². The number of imidazole rings is 1. The summed E-state index contributed by atoms with van der Waals surface area (Å²) in [6, 6.07) is 5.18. The second-order valence-corrected chi connectivity index (χ2v) is 3.67. The lowest BCUT2D eigenvalue weighted by Crippen LogP contribution is -2.04. The van der Waals surface area contributed by atoms with Crippen LogP contribution in [-0.2, 0) is 6.42 Å². The average molecular weight is 219 g/mol. The maximum Gasteiger partial charge on any atom is 0.147 e. The predicted octanol–water partition coefficient (Wildman–Crippen LogP) is 1.82. The van der Waals surface area contributed by atoms with E-state index in [0.717, 1.165) is 11.4 Å². The van der Waals surface area contributed by atoms with Crippen molar-refractivity contribution in [1.82, 2.24) is 9.55 Å². The summed E-state index contributed by atoms with van der Waals surface area (Å²) in [6.07, 6.45) is 4.10. The third kappa shape index (κ3) is 1.97. The van der Waals surface area contributed by atoms with E-state index in [2.05, 4.69) is 4.98 Å². The Morgan fingerprint density at radius 2 is 2.25 bits per heavy atom. The molecule has 0 atom stereocenters. The highest BCUT2D eigenvalue weighted by molar-refractivity contribution is 5.37. The van der Waals surface area contributed by atoms with E-state index in [1.807, 2.05) is 13.0 Å². The molecule has 0 aliphatic heterocycles. The van der Waals surface area contributed by atoms with E-state index in [1.165, 1.54) is 6.07 Å². The van der Waals surface area contributed by atoms with Crippen LogP contribution >= 0.6 is 0 Å². The lowest BCUT2D eigenvalue weighted by molar-refractivity contribution is 0.614. The van der Waals surface area contributed by atoms with Crippen molar-refractivity contribution in [3.8, 4) is 5.69 Å². The first-order valence-electron chi connectivity index (χ1n) is 5.21. The first-order chi connectivity index (χ1) is 7.72. The number of nitrogens with zero attached hydrogens (tertiary/aromatic N) is 2. The lowest BCUT2D eigenvalue weighted by atomic mass is 10.1. The number of hydrogen-bond acceptors (Lipinski definition) is 2. The van der Waals surface area contributed by atoms with E-state index in [9.17, 15) is 4.39 Å². The number of nitrogens with two attached hydrogens (primary N) is 1. The molecule has 0 bridgehead atoms. The molecule has 2 N–H and O–H groups in total. The standard InChI is InChI=1S/C12H14FN3/c1-9-15-6-7-16(9)12-3-2-10(4-5-14)8-11(12)13/h2-3,6-8H,4-5,14H2,1H3. The Kier molecular flexibility index (Phi) is 3.01. The summed E-state index contributed by atoms with van der Waals surface area (Å²) >= 11 is 0. The molecule has 0 aliphatic carbocycles. The van der Waals surface area contributed by atoms with E-state index in [-0.39, 0.29) is 5.82 Å². The average Bonchev–Trinajstić information content (AvgIpc) is 2.65. The van der Waals surface area contributed by atoms with Gasteiger partial charge in [-0.05, 0) is 37.6 Å². The molecule has 0 spiro atoms. The summed E-state index contributed by atoms with van der Waals surface area (Å²) in [6.45, 7) is 2.37. The molecule has 0 saturated heterocycles. The summed E-state index contributed by atoms with van der Waals surface area (Å²) in [5.41, 5.74) is 6.87. The summed E-state index contributed by atoms with van der Waals surface area (Å²) < 4.78 is 15.6. The Bertz CT molecular complexity index is 491. The topological polar surface area (TPSA) is 43.8 Å². The van der Waals surface area contributed by atoms with Crippen molar-refractivity contribution < 1.29 is 4.39 Å². The van der Waals surface area contributed by atoms with Crippen LogP contribution in [0.4, 0.5) is 4.39 Å². The van der Waals surface area contributed by atoms with Crippen LogP contribution in [-0.4, -0.2) is 16.1 Å². The summed E-state index contributed by atoms with van der Waals surface area (Å²) in [4.78, 5) is 4.07. The minimum absolute atomic E-state index is 0.243. The Morgan fingerprint density at radius 3 is 2.81 bits per heavy atom. The van der Waals surface area contributed by atoms with Crippen LogP contribution in [0.2, 0.25) is 0 Å². The van der Waals surface area contributed by atoms with Gasteiger partial charge in [0.25, 0.3) is 0 Å². The van der Waals surface area contributed by atoms with Gasteiger partial charge in [-0.3, -0.25) is 0 Å². The molecule has 0 unspecified atom stereocenters. The van der Waals surface area contributed by atoms with Gasteiger partial charge in [0.15, 0.2) is 0 Å². The molecule has 0 radical (unpaired) electrons. The molecular formula is C12H14FN3. The minimum Gasteiger partial charge on any atom is -0.330 e. The fourth-order valence-corrected chi connectivity index (χ4v) is 1.70. The molecule has 1 aromatic heterocycles. The monoisotopic (exact) mass is 219 g/mol. The first kappa shape index (κ1) is 10.8. The van der Waals surface area contributed by atoms with Crippen LogP contribution < -0.4 is 5.73 Å². The molecule has 0 fully saturated rings. The third-order valence-corrected chi connectivity index (χ3v) is 2.53. The molecule has 0 amide bonds. The highest BCUT2D eigenvalue weighted by Gasteiger charge is 2.07. The number of aryl methyl sites for hydroxylation is 1. The van der Waals surface area contributed by atoms with Gasteiger partial charge < -0.3 is 10.3 Å². The van der Waals surface area contributed by atoms with Crippen LogP contribution in [0.15, 0.2) is 30.6 Å². The SMILES string of the molecule is Cc1nccn1-c1ccc(CCN)cc1F. The van der Waals surface area contributed by atoms with E-state index in [4.69, 9.17) is 5.73 Å². The maximum absolute atomic E-state index is 13.8. The molecule has 3 nitrogen and oxygen atoms in total.